The first-order chi connectivity index (χ1) is 7.80. The summed E-state index contributed by atoms with van der Waals surface area (Å²) >= 11 is 0. The van der Waals surface area contributed by atoms with Crippen molar-refractivity contribution < 1.29 is 19.1 Å². The Kier molecular flexibility index (Phi) is 5.93. The minimum atomic E-state index is -1.30. The van der Waals surface area contributed by atoms with Crippen LogP contribution in [0.4, 0.5) is 0 Å². The van der Waals surface area contributed by atoms with Gasteiger partial charge in [0.25, 0.3) is 0 Å². The maximum absolute atomic E-state index is 11.8. The molecule has 0 fully saturated rings. The Labute approximate surface area is 103 Å². The van der Waals surface area contributed by atoms with Crippen molar-refractivity contribution in [2.75, 3.05) is 14.2 Å². The zero-order valence-electron chi connectivity index (χ0n) is 11.4. The summed E-state index contributed by atoms with van der Waals surface area (Å²) in [6.45, 7) is 7.39. The first-order valence-electron chi connectivity index (χ1n) is 5.65. The van der Waals surface area contributed by atoms with Crippen molar-refractivity contribution in [3.05, 3.63) is 12.2 Å². The molecule has 0 N–H and O–H groups in total. The van der Waals surface area contributed by atoms with E-state index in [4.69, 9.17) is 9.47 Å². The Morgan fingerprint density at radius 3 is 1.71 bits per heavy atom. The van der Waals surface area contributed by atoms with E-state index in [-0.39, 0.29) is 5.92 Å². The summed E-state index contributed by atoms with van der Waals surface area (Å²) in [5.74, 6) is -1.09. The number of carbonyl (C=O) groups excluding carboxylic acids is 2. The van der Waals surface area contributed by atoms with Crippen LogP contribution >= 0.6 is 0 Å². The Morgan fingerprint density at radius 2 is 1.41 bits per heavy atom. The normalized spacial score (nSPS) is 13.8. The number of carbonyl (C=O) groups is 2. The minimum Gasteiger partial charge on any atom is -0.468 e. The molecule has 0 aromatic carbocycles. The third-order valence-corrected chi connectivity index (χ3v) is 2.91. The number of hydrogen-bond donors (Lipinski definition) is 0. The molecule has 1 atom stereocenters. The van der Waals surface area contributed by atoms with E-state index in [0.29, 0.717) is 5.92 Å². The zero-order valence-corrected chi connectivity index (χ0v) is 11.4. The molecule has 0 aromatic rings. The number of allylic oxidation sites excluding steroid dienone is 2. The quantitative estimate of drug-likeness (QED) is 0.421. The molecular weight excluding hydrogens is 220 g/mol. The fourth-order valence-corrected chi connectivity index (χ4v) is 1.46. The van der Waals surface area contributed by atoms with Crippen LogP contribution in [0, 0.1) is 17.3 Å². The fourth-order valence-electron chi connectivity index (χ4n) is 1.46. The molecule has 0 spiro atoms. The molecule has 4 nitrogen and oxygen atoms in total. The van der Waals surface area contributed by atoms with Crippen LogP contribution in [0.1, 0.15) is 27.7 Å². The van der Waals surface area contributed by atoms with Gasteiger partial charge in [-0.05, 0) is 12.8 Å². The highest BCUT2D eigenvalue weighted by atomic mass is 16.5. The summed E-state index contributed by atoms with van der Waals surface area (Å²) < 4.78 is 9.39. The van der Waals surface area contributed by atoms with Crippen molar-refractivity contribution in [3.63, 3.8) is 0 Å². The Balaban J connectivity index is 5.18. The third-order valence-electron chi connectivity index (χ3n) is 2.91. The van der Waals surface area contributed by atoms with E-state index in [1.54, 1.807) is 13.8 Å². The molecule has 0 bridgehead atoms. The van der Waals surface area contributed by atoms with E-state index in [0.717, 1.165) is 0 Å². The lowest BCUT2D eigenvalue weighted by Crippen LogP contribution is -2.43. The number of ether oxygens (including phenoxy) is 2. The fraction of sp³-hybridized carbons (Fsp3) is 0.692. The van der Waals surface area contributed by atoms with Crippen molar-refractivity contribution in [2.45, 2.75) is 27.7 Å². The van der Waals surface area contributed by atoms with Gasteiger partial charge in [-0.3, -0.25) is 9.59 Å². The summed E-state index contributed by atoms with van der Waals surface area (Å²) in [5, 5.41) is 0. The Morgan fingerprint density at radius 1 is 1.00 bits per heavy atom. The van der Waals surface area contributed by atoms with E-state index >= 15 is 0 Å². The predicted molar refractivity (Wildman–Crippen MR) is 65.3 cm³/mol. The van der Waals surface area contributed by atoms with Gasteiger partial charge in [0.1, 0.15) is 0 Å². The lowest BCUT2D eigenvalue weighted by molar-refractivity contribution is -0.170. The highest BCUT2D eigenvalue weighted by Gasteiger charge is 2.47. The maximum atomic E-state index is 11.8. The van der Waals surface area contributed by atoms with Crippen molar-refractivity contribution in [3.8, 4) is 0 Å². The molecule has 1 unspecified atom stereocenters. The number of hydrogen-bond acceptors (Lipinski definition) is 4. The minimum absolute atomic E-state index is 0.287. The van der Waals surface area contributed by atoms with Gasteiger partial charge >= 0.3 is 11.9 Å². The molecule has 0 amide bonds. The summed E-state index contributed by atoms with van der Waals surface area (Å²) in [6.07, 6.45) is 3.80. The van der Waals surface area contributed by atoms with Crippen LogP contribution in [0.15, 0.2) is 12.2 Å². The summed E-state index contributed by atoms with van der Waals surface area (Å²) in [5.41, 5.74) is -1.30. The van der Waals surface area contributed by atoms with Crippen molar-refractivity contribution in [1.29, 1.82) is 0 Å². The van der Waals surface area contributed by atoms with Crippen molar-refractivity contribution >= 4 is 11.9 Å². The standard InChI is InChI=1S/C13H22O4/c1-9(2)7-8-10(3)13(4,11(14)16-5)12(15)17-6/h7-10H,1-6H3/b8-7+. The lowest BCUT2D eigenvalue weighted by atomic mass is 9.77. The molecule has 0 aromatic heterocycles. The van der Waals surface area contributed by atoms with Crippen LogP contribution in [0.5, 0.6) is 0 Å². The van der Waals surface area contributed by atoms with Crippen molar-refractivity contribution in [2.24, 2.45) is 17.3 Å². The van der Waals surface area contributed by atoms with Crippen LogP contribution in [-0.4, -0.2) is 26.2 Å². The largest absolute Gasteiger partial charge is 0.468 e. The van der Waals surface area contributed by atoms with Crippen LogP contribution < -0.4 is 0 Å². The second-order valence-electron chi connectivity index (χ2n) is 4.60. The number of rotatable bonds is 5. The van der Waals surface area contributed by atoms with E-state index in [1.165, 1.54) is 14.2 Å². The van der Waals surface area contributed by atoms with E-state index < -0.39 is 17.4 Å². The smallest absolute Gasteiger partial charge is 0.323 e. The molecule has 0 saturated heterocycles. The maximum Gasteiger partial charge on any atom is 0.323 e. The number of esters is 2. The summed E-state index contributed by atoms with van der Waals surface area (Å²) in [6, 6.07) is 0. The van der Waals surface area contributed by atoms with Crippen LogP contribution in [0.3, 0.4) is 0 Å². The highest BCUT2D eigenvalue weighted by molar-refractivity contribution is 6.00. The van der Waals surface area contributed by atoms with Crippen LogP contribution in [-0.2, 0) is 19.1 Å². The summed E-state index contributed by atoms with van der Waals surface area (Å²) in [7, 11) is 2.53. The van der Waals surface area contributed by atoms with Gasteiger partial charge in [-0.25, -0.2) is 0 Å². The van der Waals surface area contributed by atoms with Gasteiger partial charge in [0.05, 0.1) is 14.2 Å². The van der Waals surface area contributed by atoms with Crippen LogP contribution in [0.25, 0.3) is 0 Å². The summed E-state index contributed by atoms with van der Waals surface area (Å²) in [4.78, 5) is 23.5. The molecule has 98 valence electrons. The van der Waals surface area contributed by atoms with Gasteiger partial charge in [0, 0.05) is 5.92 Å². The van der Waals surface area contributed by atoms with Gasteiger partial charge in [0.2, 0.25) is 0 Å². The Hall–Kier alpha value is -1.32. The van der Waals surface area contributed by atoms with E-state index in [2.05, 4.69) is 0 Å². The molecule has 0 heterocycles. The molecular formula is C13H22O4. The zero-order chi connectivity index (χ0) is 13.6. The van der Waals surface area contributed by atoms with E-state index in [9.17, 15) is 9.59 Å². The second kappa shape index (κ2) is 6.42. The Bertz CT molecular complexity index is 289. The molecule has 0 aliphatic carbocycles. The van der Waals surface area contributed by atoms with Gasteiger partial charge in [-0.15, -0.1) is 0 Å². The molecule has 0 aliphatic heterocycles. The molecule has 4 heteroatoms. The first kappa shape index (κ1) is 15.7. The van der Waals surface area contributed by atoms with E-state index in [1.807, 2.05) is 26.0 Å². The molecule has 0 rings (SSSR count). The lowest BCUT2D eigenvalue weighted by Gasteiger charge is -2.28. The molecule has 0 radical (unpaired) electrons. The van der Waals surface area contributed by atoms with Gasteiger partial charge in [-0.2, -0.15) is 0 Å². The van der Waals surface area contributed by atoms with Gasteiger partial charge < -0.3 is 9.47 Å². The first-order valence-corrected chi connectivity index (χ1v) is 5.65. The average molecular weight is 242 g/mol. The van der Waals surface area contributed by atoms with Crippen molar-refractivity contribution in [1.82, 2.24) is 0 Å². The monoisotopic (exact) mass is 242 g/mol. The van der Waals surface area contributed by atoms with Crippen LogP contribution in [0.2, 0.25) is 0 Å². The SMILES string of the molecule is COC(=O)C(C)(C(=O)OC)C(C)/C=C/C(C)C. The van der Waals surface area contributed by atoms with Gasteiger partial charge in [-0.1, -0.05) is 32.9 Å². The second-order valence-corrected chi connectivity index (χ2v) is 4.60. The van der Waals surface area contributed by atoms with Gasteiger partial charge in [0.15, 0.2) is 5.41 Å². The molecule has 0 saturated carbocycles. The molecule has 17 heavy (non-hydrogen) atoms. The highest BCUT2D eigenvalue weighted by Crippen LogP contribution is 2.31. The predicted octanol–water partition coefficient (Wildman–Crippen LogP) is 2.19. The molecule has 0 aliphatic rings. The third kappa shape index (κ3) is 3.58. The number of methoxy groups -OCH3 is 2. The average Bonchev–Trinajstić information content (AvgIpc) is 2.32. The topological polar surface area (TPSA) is 52.6 Å².